The molecular formula is C7H12O5. The molecule has 0 atom stereocenters. The van der Waals surface area contributed by atoms with Crippen molar-refractivity contribution in [2.75, 3.05) is 26.9 Å². The molecule has 5 nitrogen and oxygen atoms in total. The van der Waals surface area contributed by atoms with E-state index in [1.165, 1.54) is 19.6 Å². The maximum absolute atomic E-state index is 9.93. The van der Waals surface area contributed by atoms with Gasteiger partial charge in [0.15, 0.2) is 0 Å². The Labute approximate surface area is 70.5 Å². The Morgan fingerprint density at radius 1 is 1.42 bits per heavy atom. The lowest BCUT2D eigenvalue weighted by molar-refractivity contribution is -0.142. The maximum Gasteiger partial charge on any atom is 0.329 e. The fourth-order valence-electron chi connectivity index (χ4n) is 0.429. The van der Waals surface area contributed by atoms with Crippen LogP contribution in [-0.4, -0.2) is 38.0 Å². The topological polar surface area (TPSA) is 65.0 Å². The average molecular weight is 176 g/mol. The van der Waals surface area contributed by atoms with Gasteiger partial charge in [-0.25, -0.2) is 4.79 Å². The van der Waals surface area contributed by atoms with Crippen molar-refractivity contribution in [3.63, 3.8) is 0 Å². The monoisotopic (exact) mass is 176 g/mol. The van der Waals surface area contributed by atoms with Crippen LogP contribution in [0.3, 0.4) is 0 Å². The lowest BCUT2D eigenvalue weighted by Crippen LogP contribution is -2.10. The maximum atomic E-state index is 9.93. The number of hydrogen-bond donors (Lipinski definition) is 1. The van der Waals surface area contributed by atoms with Crippen molar-refractivity contribution in [2.24, 2.45) is 0 Å². The molecule has 0 fully saturated rings. The van der Waals surface area contributed by atoms with Gasteiger partial charge in [-0.15, -0.1) is 0 Å². The normalized spacial score (nSPS) is 10.1. The van der Waals surface area contributed by atoms with Crippen LogP contribution in [0, 0.1) is 0 Å². The molecule has 0 aromatic rings. The minimum Gasteiger partial charge on any atom is -0.501 e. The summed E-state index contributed by atoms with van der Waals surface area (Å²) < 4.78 is 14.1. The molecule has 0 rings (SSSR count). The average Bonchev–Trinajstić information content (AvgIpc) is 2.02. The molecule has 1 N–H and O–H groups in total. The summed E-state index contributed by atoms with van der Waals surface area (Å²) in [5.41, 5.74) is 0. The molecule has 0 heterocycles. The molecular weight excluding hydrogens is 164 g/mol. The van der Waals surface area contributed by atoms with Gasteiger partial charge in [0.1, 0.15) is 25.7 Å². The second kappa shape index (κ2) is 7.87. The number of carboxylic acid groups (broad SMARTS) is 1. The lowest BCUT2D eigenvalue weighted by atomic mass is 10.7. The van der Waals surface area contributed by atoms with E-state index < -0.39 is 5.97 Å². The highest BCUT2D eigenvalue weighted by Gasteiger charge is 1.94. The summed E-state index contributed by atoms with van der Waals surface area (Å²) in [6.45, 7) is 0.269. The highest BCUT2D eigenvalue weighted by Crippen LogP contribution is 1.80. The summed E-state index contributed by atoms with van der Waals surface area (Å²) in [5, 5.41) is 8.15. The summed E-state index contributed by atoms with van der Waals surface area (Å²) in [6, 6.07) is 0. The van der Waals surface area contributed by atoms with Gasteiger partial charge in [-0.3, -0.25) is 0 Å². The second-order valence-corrected chi connectivity index (χ2v) is 1.82. The van der Waals surface area contributed by atoms with Crippen molar-refractivity contribution in [1.29, 1.82) is 0 Å². The lowest BCUT2D eigenvalue weighted by Gasteiger charge is -2.00. The first-order valence-corrected chi connectivity index (χ1v) is 3.36. The molecule has 0 spiro atoms. The Balaban J connectivity index is 3.00. The molecule has 0 aliphatic carbocycles. The first kappa shape index (κ1) is 10.8. The summed E-state index contributed by atoms with van der Waals surface area (Å²) in [4.78, 5) is 9.93. The van der Waals surface area contributed by atoms with Gasteiger partial charge >= 0.3 is 5.97 Å². The van der Waals surface area contributed by atoms with Crippen LogP contribution >= 0.6 is 0 Å². The largest absolute Gasteiger partial charge is 0.501 e. The number of carbonyl (C=O) groups is 1. The van der Waals surface area contributed by atoms with E-state index in [1.54, 1.807) is 0 Å². The molecule has 5 heteroatoms. The third kappa shape index (κ3) is 8.77. The number of carboxylic acids is 1. The van der Waals surface area contributed by atoms with Crippen LogP contribution in [0.25, 0.3) is 0 Å². The molecule has 70 valence electrons. The Morgan fingerprint density at radius 2 is 2.17 bits per heavy atom. The van der Waals surface area contributed by atoms with Crippen molar-refractivity contribution in [3.05, 3.63) is 12.5 Å². The molecule has 0 aromatic carbocycles. The smallest absolute Gasteiger partial charge is 0.329 e. The van der Waals surface area contributed by atoms with Crippen molar-refractivity contribution >= 4 is 5.97 Å². The van der Waals surface area contributed by atoms with Crippen LogP contribution in [0.15, 0.2) is 12.5 Å². The second-order valence-electron chi connectivity index (χ2n) is 1.82. The number of methoxy groups -OCH3 is 1. The van der Waals surface area contributed by atoms with Crippen molar-refractivity contribution in [2.45, 2.75) is 0 Å². The summed E-state index contributed by atoms with van der Waals surface area (Å²) in [7, 11) is 1.50. The number of aliphatic carboxylic acids is 1. The summed E-state index contributed by atoms with van der Waals surface area (Å²) in [5.74, 6) is -0.984. The first-order chi connectivity index (χ1) is 5.77. The van der Waals surface area contributed by atoms with E-state index in [-0.39, 0.29) is 13.2 Å². The van der Waals surface area contributed by atoms with Gasteiger partial charge in [-0.2, -0.15) is 0 Å². The van der Waals surface area contributed by atoms with Crippen molar-refractivity contribution < 1.29 is 24.1 Å². The van der Waals surface area contributed by atoms with Gasteiger partial charge in [-0.1, -0.05) is 0 Å². The molecule has 0 radical (unpaired) electrons. The van der Waals surface area contributed by atoms with Crippen LogP contribution in [0.1, 0.15) is 0 Å². The van der Waals surface area contributed by atoms with Crippen LogP contribution in [0.2, 0.25) is 0 Å². The molecule has 0 amide bonds. The van der Waals surface area contributed by atoms with Crippen LogP contribution in [0.5, 0.6) is 0 Å². The highest BCUT2D eigenvalue weighted by molar-refractivity contribution is 5.67. The predicted octanol–water partition coefficient (Wildman–Crippen LogP) is 0.222. The molecule has 0 unspecified atom stereocenters. The molecule has 0 aliphatic rings. The highest BCUT2D eigenvalue weighted by atomic mass is 16.5. The van der Waals surface area contributed by atoms with E-state index in [9.17, 15) is 4.79 Å². The van der Waals surface area contributed by atoms with Crippen LogP contribution < -0.4 is 0 Å². The molecule has 0 bridgehead atoms. The quantitative estimate of drug-likeness (QED) is 0.444. The minimum atomic E-state index is -0.984. The Morgan fingerprint density at radius 3 is 2.75 bits per heavy atom. The fourth-order valence-corrected chi connectivity index (χ4v) is 0.429. The van der Waals surface area contributed by atoms with E-state index in [0.29, 0.717) is 6.61 Å². The number of rotatable bonds is 7. The minimum absolute atomic E-state index is 0.250. The van der Waals surface area contributed by atoms with Crippen LogP contribution in [-0.2, 0) is 19.0 Å². The van der Waals surface area contributed by atoms with Gasteiger partial charge in [0.05, 0.1) is 13.7 Å². The number of ether oxygens (including phenoxy) is 3. The SMILES string of the molecule is CO/C=C/OCCOCC(=O)O. The van der Waals surface area contributed by atoms with Crippen LogP contribution in [0.4, 0.5) is 0 Å². The zero-order valence-electron chi connectivity index (χ0n) is 6.86. The summed E-state index contributed by atoms with van der Waals surface area (Å²) in [6.07, 6.45) is 2.74. The third-order valence-corrected chi connectivity index (χ3v) is 0.859. The zero-order chi connectivity index (χ0) is 9.23. The van der Waals surface area contributed by atoms with Crippen molar-refractivity contribution in [3.8, 4) is 0 Å². The van der Waals surface area contributed by atoms with Gasteiger partial charge in [0.2, 0.25) is 0 Å². The van der Waals surface area contributed by atoms with Gasteiger partial charge in [-0.05, 0) is 0 Å². The molecule has 0 aromatic heterocycles. The van der Waals surface area contributed by atoms with E-state index in [0.717, 1.165) is 0 Å². The van der Waals surface area contributed by atoms with Crippen molar-refractivity contribution in [1.82, 2.24) is 0 Å². The molecule has 12 heavy (non-hydrogen) atoms. The standard InChI is InChI=1S/C7H12O5/c1-10-2-3-11-4-5-12-6-7(8)9/h2-3H,4-6H2,1H3,(H,8,9)/b3-2+. The molecule has 0 saturated heterocycles. The first-order valence-electron chi connectivity index (χ1n) is 3.36. The Hall–Kier alpha value is -1.23. The summed E-state index contributed by atoms with van der Waals surface area (Å²) >= 11 is 0. The third-order valence-electron chi connectivity index (χ3n) is 0.859. The Bertz CT molecular complexity index is 143. The Kier molecular flexibility index (Phi) is 7.07. The van der Waals surface area contributed by atoms with Gasteiger partial charge < -0.3 is 19.3 Å². The predicted molar refractivity (Wildman–Crippen MR) is 40.6 cm³/mol. The van der Waals surface area contributed by atoms with Gasteiger partial charge in [0, 0.05) is 0 Å². The zero-order valence-corrected chi connectivity index (χ0v) is 6.86. The molecule has 0 aliphatic heterocycles. The number of hydrogen-bond acceptors (Lipinski definition) is 4. The molecule has 0 saturated carbocycles. The van der Waals surface area contributed by atoms with E-state index in [4.69, 9.17) is 9.84 Å². The van der Waals surface area contributed by atoms with E-state index >= 15 is 0 Å². The van der Waals surface area contributed by atoms with Gasteiger partial charge in [0.25, 0.3) is 0 Å². The van der Waals surface area contributed by atoms with E-state index in [2.05, 4.69) is 9.47 Å². The fraction of sp³-hybridized carbons (Fsp3) is 0.571. The van der Waals surface area contributed by atoms with E-state index in [1.807, 2.05) is 0 Å².